The minimum absolute atomic E-state index is 0.0603. The van der Waals surface area contributed by atoms with Gasteiger partial charge in [-0.3, -0.25) is 9.59 Å². The van der Waals surface area contributed by atoms with Crippen LogP contribution < -0.4 is 10.2 Å². The van der Waals surface area contributed by atoms with Gasteiger partial charge < -0.3 is 19.7 Å². The molecule has 0 aromatic heterocycles. The van der Waals surface area contributed by atoms with Crippen LogP contribution in [-0.4, -0.2) is 63.5 Å². The molecule has 0 spiro atoms. The molecule has 0 unspecified atom stereocenters. The summed E-state index contributed by atoms with van der Waals surface area (Å²) in [6, 6.07) is 4.85. The molecular weight excluding hydrogens is 434 g/mol. The zero-order valence-electron chi connectivity index (χ0n) is 16.3. The minimum atomic E-state index is -3.45. The molecule has 0 fully saturated rings. The number of rotatable bonds is 8. The Morgan fingerprint density at radius 2 is 2.07 bits per heavy atom. The maximum Gasteiger partial charge on any atom is 0.338 e. The Morgan fingerprint density at radius 1 is 1.27 bits per heavy atom. The highest BCUT2D eigenvalue weighted by Crippen LogP contribution is 2.42. The van der Waals surface area contributed by atoms with Crippen molar-refractivity contribution in [2.24, 2.45) is 4.40 Å². The van der Waals surface area contributed by atoms with Crippen molar-refractivity contribution in [2.75, 3.05) is 37.0 Å². The molecule has 1 aromatic rings. The number of carbonyl (C=O) groups is 3. The molecular formula is C18H21N3O7S2. The number of amides is 1. The van der Waals surface area contributed by atoms with Gasteiger partial charge in [0, 0.05) is 24.4 Å². The molecule has 0 saturated heterocycles. The number of sulfonamides is 1. The maximum absolute atomic E-state index is 12.2. The Balaban J connectivity index is 1.48. The van der Waals surface area contributed by atoms with Gasteiger partial charge in [-0.2, -0.15) is 0 Å². The number of carbonyl (C=O) groups excluding carboxylic acids is 3. The number of benzene rings is 1. The molecule has 2 aliphatic heterocycles. The first-order valence-corrected chi connectivity index (χ1v) is 11.7. The van der Waals surface area contributed by atoms with Crippen molar-refractivity contribution in [3.05, 3.63) is 23.8 Å². The number of anilines is 1. The molecule has 1 N–H and O–H groups in total. The predicted molar refractivity (Wildman–Crippen MR) is 110 cm³/mol. The first kappa shape index (κ1) is 22.1. The van der Waals surface area contributed by atoms with Crippen LogP contribution in [0.2, 0.25) is 0 Å². The van der Waals surface area contributed by atoms with Crippen molar-refractivity contribution in [1.29, 1.82) is 0 Å². The van der Waals surface area contributed by atoms with Gasteiger partial charge in [-0.25, -0.2) is 13.2 Å². The summed E-state index contributed by atoms with van der Waals surface area (Å²) in [5.74, 6) is -1.53. The molecule has 0 saturated carbocycles. The van der Waals surface area contributed by atoms with E-state index in [9.17, 15) is 22.8 Å². The smallest absolute Gasteiger partial charge is 0.338 e. The Kier molecular flexibility index (Phi) is 6.98. The Bertz CT molecular complexity index is 991. The van der Waals surface area contributed by atoms with Crippen LogP contribution in [0.15, 0.2) is 27.5 Å². The van der Waals surface area contributed by atoms with E-state index in [2.05, 4.69) is 9.71 Å². The molecule has 0 aliphatic carbocycles. The van der Waals surface area contributed by atoms with Gasteiger partial charge >= 0.3 is 11.9 Å². The van der Waals surface area contributed by atoms with Gasteiger partial charge in [0.25, 0.3) is 15.9 Å². The van der Waals surface area contributed by atoms with Crippen molar-refractivity contribution >= 4 is 50.5 Å². The Hall–Kier alpha value is -2.60. The van der Waals surface area contributed by atoms with Crippen LogP contribution in [-0.2, 0) is 29.1 Å². The van der Waals surface area contributed by atoms with Gasteiger partial charge in [-0.1, -0.05) is 0 Å². The van der Waals surface area contributed by atoms with Crippen LogP contribution in [0.25, 0.3) is 0 Å². The zero-order chi connectivity index (χ0) is 21.7. The van der Waals surface area contributed by atoms with Crippen LogP contribution >= 0.6 is 11.8 Å². The number of amidine groups is 1. The highest BCUT2D eigenvalue weighted by Gasteiger charge is 2.33. The SMILES string of the molecule is CCOC(=O)CCCNC(=O)COC(=O)c1ccc2c(c1)SC1=NS(=O)(=O)CCN12. The summed E-state index contributed by atoms with van der Waals surface area (Å²) >= 11 is 1.17. The molecule has 0 radical (unpaired) electrons. The first-order chi connectivity index (χ1) is 14.3. The molecule has 0 atom stereocenters. The number of thioether (sulfide) groups is 1. The van der Waals surface area contributed by atoms with E-state index in [4.69, 9.17) is 9.47 Å². The largest absolute Gasteiger partial charge is 0.466 e. The average molecular weight is 456 g/mol. The van der Waals surface area contributed by atoms with Crippen LogP contribution in [0.4, 0.5) is 5.69 Å². The average Bonchev–Trinajstić information content (AvgIpc) is 3.04. The molecule has 1 aromatic carbocycles. The van der Waals surface area contributed by atoms with E-state index in [0.717, 1.165) is 5.69 Å². The summed E-state index contributed by atoms with van der Waals surface area (Å²) in [6.45, 7) is 2.16. The Morgan fingerprint density at radius 3 is 2.83 bits per heavy atom. The number of nitrogens with one attached hydrogen (secondary N) is 1. The molecule has 0 bridgehead atoms. The normalized spacial score (nSPS) is 16.2. The summed E-state index contributed by atoms with van der Waals surface area (Å²) in [5, 5.41) is 2.93. The number of hydrogen-bond donors (Lipinski definition) is 1. The number of ether oxygens (including phenoxy) is 2. The second-order valence-electron chi connectivity index (χ2n) is 6.43. The van der Waals surface area contributed by atoms with Crippen LogP contribution in [0, 0.1) is 0 Å². The van der Waals surface area contributed by atoms with Gasteiger partial charge in [0.1, 0.15) is 0 Å². The third kappa shape index (κ3) is 5.51. The summed E-state index contributed by atoms with van der Waals surface area (Å²) in [4.78, 5) is 37.7. The topological polar surface area (TPSA) is 131 Å². The van der Waals surface area contributed by atoms with Crippen molar-refractivity contribution in [3.8, 4) is 0 Å². The number of esters is 2. The second-order valence-corrected chi connectivity index (χ2v) is 9.19. The standard InChI is InChI=1S/C18H21N3O7S2/c1-2-27-16(23)4-3-7-19-15(22)11-28-17(24)12-5-6-13-14(10-12)29-18-20-30(25,26)9-8-21(13)18/h5-6,10H,2-4,7-9,11H2,1H3,(H,19,22). The van der Waals surface area contributed by atoms with E-state index in [1.165, 1.54) is 11.8 Å². The second kappa shape index (κ2) is 9.47. The summed E-state index contributed by atoms with van der Waals surface area (Å²) in [7, 11) is -3.45. The molecule has 10 nitrogen and oxygen atoms in total. The Labute approximate surface area is 178 Å². The molecule has 30 heavy (non-hydrogen) atoms. The number of nitrogens with zero attached hydrogens (tertiary/aromatic N) is 2. The van der Waals surface area contributed by atoms with Crippen molar-refractivity contribution in [1.82, 2.24) is 5.32 Å². The fourth-order valence-corrected chi connectivity index (χ4v) is 5.11. The minimum Gasteiger partial charge on any atom is -0.466 e. The van der Waals surface area contributed by atoms with E-state index in [-0.39, 0.29) is 30.3 Å². The highest BCUT2D eigenvalue weighted by molar-refractivity contribution is 8.15. The van der Waals surface area contributed by atoms with E-state index in [1.807, 2.05) is 0 Å². The maximum atomic E-state index is 12.2. The van der Waals surface area contributed by atoms with Crippen LogP contribution in [0.1, 0.15) is 30.1 Å². The van der Waals surface area contributed by atoms with Crippen molar-refractivity contribution in [3.63, 3.8) is 0 Å². The lowest BCUT2D eigenvalue weighted by Crippen LogP contribution is -2.35. The van der Waals surface area contributed by atoms with E-state index >= 15 is 0 Å². The van der Waals surface area contributed by atoms with Gasteiger partial charge in [0.05, 0.1) is 23.6 Å². The number of hydrogen-bond acceptors (Lipinski definition) is 9. The fraction of sp³-hybridized carbons (Fsp3) is 0.444. The quantitative estimate of drug-likeness (QED) is 0.449. The fourth-order valence-electron chi connectivity index (χ4n) is 2.82. The van der Waals surface area contributed by atoms with Gasteiger partial charge in [0.2, 0.25) is 0 Å². The molecule has 1 amide bonds. The molecule has 12 heteroatoms. The summed E-state index contributed by atoms with van der Waals surface area (Å²) < 4.78 is 36.9. The highest BCUT2D eigenvalue weighted by atomic mass is 32.2. The first-order valence-electron chi connectivity index (χ1n) is 9.30. The van der Waals surface area contributed by atoms with Gasteiger partial charge in [0.15, 0.2) is 11.8 Å². The van der Waals surface area contributed by atoms with E-state index < -0.39 is 28.5 Å². The third-order valence-corrected chi connectivity index (χ3v) is 6.53. The lowest BCUT2D eigenvalue weighted by Gasteiger charge is -2.22. The molecule has 162 valence electrons. The van der Waals surface area contributed by atoms with Crippen molar-refractivity contribution < 1.29 is 32.3 Å². The number of fused-ring (bicyclic) bond motifs is 3. The van der Waals surface area contributed by atoms with Crippen LogP contribution in [0.5, 0.6) is 0 Å². The predicted octanol–water partition coefficient (Wildman–Crippen LogP) is 0.914. The zero-order valence-corrected chi connectivity index (χ0v) is 17.9. The molecule has 2 heterocycles. The lowest BCUT2D eigenvalue weighted by atomic mass is 10.2. The van der Waals surface area contributed by atoms with Crippen molar-refractivity contribution in [2.45, 2.75) is 24.7 Å². The third-order valence-electron chi connectivity index (χ3n) is 4.23. The lowest BCUT2D eigenvalue weighted by molar-refractivity contribution is -0.143. The summed E-state index contributed by atoms with van der Waals surface area (Å²) in [5.41, 5.74) is 1.03. The van der Waals surface area contributed by atoms with Crippen LogP contribution in [0.3, 0.4) is 0 Å². The van der Waals surface area contributed by atoms with E-state index in [1.54, 1.807) is 30.0 Å². The summed E-state index contributed by atoms with van der Waals surface area (Å²) in [6.07, 6.45) is 0.626. The monoisotopic (exact) mass is 455 g/mol. The van der Waals surface area contributed by atoms with Gasteiger partial charge in [-0.15, -0.1) is 4.40 Å². The van der Waals surface area contributed by atoms with E-state index in [0.29, 0.717) is 29.6 Å². The molecule has 3 rings (SSSR count). The van der Waals surface area contributed by atoms with Gasteiger partial charge in [-0.05, 0) is 43.3 Å². The molecule has 2 aliphatic rings.